The summed E-state index contributed by atoms with van der Waals surface area (Å²) in [4.78, 5) is 18.9. The SMILES string of the molecule is Cc1nc(Cc2nc(C=O)cs2)cs1. The molecule has 2 rings (SSSR count). The predicted octanol–water partition coefficient (Wildman–Crippen LogP) is 2.31. The molecule has 2 heterocycles. The maximum Gasteiger partial charge on any atom is 0.169 e. The van der Waals surface area contributed by atoms with Gasteiger partial charge in [-0.1, -0.05) is 0 Å². The zero-order valence-electron chi connectivity index (χ0n) is 7.56. The number of carbonyl (C=O) groups excluding carboxylic acids is 1. The molecule has 72 valence electrons. The highest BCUT2D eigenvalue weighted by molar-refractivity contribution is 7.10. The van der Waals surface area contributed by atoms with Crippen molar-refractivity contribution in [2.75, 3.05) is 0 Å². The van der Waals surface area contributed by atoms with Gasteiger partial charge >= 0.3 is 0 Å². The summed E-state index contributed by atoms with van der Waals surface area (Å²) in [7, 11) is 0. The van der Waals surface area contributed by atoms with Crippen LogP contribution >= 0.6 is 22.7 Å². The fourth-order valence-electron chi connectivity index (χ4n) is 1.10. The first-order valence-electron chi connectivity index (χ1n) is 4.08. The molecule has 2 aromatic heterocycles. The molecule has 0 saturated heterocycles. The molecule has 0 aliphatic carbocycles. The number of aryl methyl sites for hydroxylation is 1. The summed E-state index contributed by atoms with van der Waals surface area (Å²) < 4.78 is 0. The van der Waals surface area contributed by atoms with Gasteiger partial charge in [-0.25, -0.2) is 9.97 Å². The summed E-state index contributed by atoms with van der Waals surface area (Å²) >= 11 is 3.13. The Kier molecular flexibility index (Phi) is 2.69. The first-order chi connectivity index (χ1) is 6.78. The second kappa shape index (κ2) is 3.98. The molecule has 0 aliphatic heterocycles. The highest BCUT2D eigenvalue weighted by atomic mass is 32.1. The van der Waals surface area contributed by atoms with E-state index < -0.39 is 0 Å². The molecule has 0 radical (unpaired) electrons. The van der Waals surface area contributed by atoms with Crippen molar-refractivity contribution in [2.45, 2.75) is 13.3 Å². The Morgan fingerprint density at radius 2 is 2.21 bits per heavy atom. The minimum atomic E-state index is 0.511. The Hall–Kier alpha value is -1.07. The van der Waals surface area contributed by atoms with Gasteiger partial charge in [-0.05, 0) is 6.92 Å². The standard InChI is InChI=1S/C9H8N2OS2/c1-6-10-7(4-13-6)2-9-11-8(3-12)5-14-9/h3-5H,2H2,1H3. The monoisotopic (exact) mass is 224 g/mol. The topological polar surface area (TPSA) is 42.9 Å². The molecule has 0 bridgehead atoms. The third-order valence-corrected chi connectivity index (χ3v) is 3.38. The molecule has 0 amide bonds. The molecule has 0 saturated carbocycles. The van der Waals surface area contributed by atoms with Gasteiger partial charge in [-0.2, -0.15) is 0 Å². The van der Waals surface area contributed by atoms with Gasteiger partial charge in [0.15, 0.2) is 6.29 Å². The van der Waals surface area contributed by atoms with Gasteiger partial charge in [0, 0.05) is 17.2 Å². The van der Waals surface area contributed by atoms with Crippen LogP contribution in [0.4, 0.5) is 0 Å². The van der Waals surface area contributed by atoms with E-state index in [1.807, 2.05) is 12.3 Å². The van der Waals surface area contributed by atoms with Crippen LogP contribution in [0.3, 0.4) is 0 Å². The Bertz CT molecular complexity index is 447. The molecule has 14 heavy (non-hydrogen) atoms. The van der Waals surface area contributed by atoms with Crippen LogP contribution in [0.5, 0.6) is 0 Å². The average Bonchev–Trinajstić information content (AvgIpc) is 2.76. The van der Waals surface area contributed by atoms with Gasteiger partial charge in [-0.15, -0.1) is 22.7 Å². The number of hydrogen-bond donors (Lipinski definition) is 0. The third kappa shape index (κ3) is 2.05. The number of rotatable bonds is 3. The fraction of sp³-hybridized carbons (Fsp3) is 0.222. The molecular weight excluding hydrogens is 216 g/mol. The Labute approximate surface area is 89.5 Å². The van der Waals surface area contributed by atoms with E-state index in [9.17, 15) is 4.79 Å². The van der Waals surface area contributed by atoms with Crippen LogP contribution in [-0.2, 0) is 6.42 Å². The molecule has 2 aromatic rings. The quantitative estimate of drug-likeness (QED) is 0.751. The Morgan fingerprint density at radius 1 is 1.36 bits per heavy atom. The van der Waals surface area contributed by atoms with E-state index in [1.165, 1.54) is 11.3 Å². The normalized spacial score (nSPS) is 10.4. The molecule has 0 atom stereocenters. The van der Waals surface area contributed by atoms with Gasteiger partial charge in [0.25, 0.3) is 0 Å². The number of carbonyl (C=O) groups is 1. The average molecular weight is 224 g/mol. The van der Waals surface area contributed by atoms with Crippen LogP contribution in [0, 0.1) is 6.92 Å². The number of aromatic nitrogens is 2. The molecular formula is C9H8N2OS2. The van der Waals surface area contributed by atoms with Gasteiger partial charge < -0.3 is 0 Å². The molecule has 5 heteroatoms. The van der Waals surface area contributed by atoms with Crippen LogP contribution in [0.2, 0.25) is 0 Å². The summed E-state index contributed by atoms with van der Waals surface area (Å²) in [6.07, 6.45) is 1.50. The summed E-state index contributed by atoms with van der Waals surface area (Å²) in [6.45, 7) is 1.98. The van der Waals surface area contributed by atoms with E-state index in [-0.39, 0.29) is 0 Å². The molecule has 0 aliphatic rings. The maximum atomic E-state index is 10.4. The summed E-state index contributed by atoms with van der Waals surface area (Å²) in [5.41, 5.74) is 1.54. The lowest BCUT2D eigenvalue weighted by atomic mass is 10.3. The van der Waals surface area contributed by atoms with E-state index in [0.29, 0.717) is 5.69 Å². The van der Waals surface area contributed by atoms with Crippen molar-refractivity contribution in [1.29, 1.82) is 0 Å². The smallest absolute Gasteiger partial charge is 0.169 e. The van der Waals surface area contributed by atoms with Gasteiger partial charge in [0.05, 0.1) is 15.7 Å². The lowest BCUT2D eigenvalue weighted by molar-refractivity contribution is 0.111. The molecule has 0 unspecified atom stereocenters. The lowest BCUT2D eigenvalue weighted by Gasteiger charge is -1.89. The predicted molar refractivity (Wildman–Crippen MR) is 57.2 cm³/mol. The van der Waals surface area contributed by atoms with E-state index in [2.05, 4.69) is 9.97 Å². The van der Waals surface area contributed by atoms with Crippen LogP contribution in [0.1, 0.15) is 26.2 Å². The highest BCUT2D eigenvalue weighted by Crippen LogP contribution is 2.15. The summed E-state index contributed by atoms with van der Waals surface area (Å²) in [5, 5.41) is 5.79. The van der Waals surface area contributed by atoms with Crippen LogP contribution < -0.4 is 0 Å². The van der Waals surface area contributed by atoms with E-state index in [1.54, 1.807) is 16.7 Å². The van der Waals surface area contributed by atoms with Gasteiger partial charge in [0.2, 0.25) is 0 Å². The van der Waals surface area contributed by atoms with Crippen molar-refractivity contribution in [3.63, 3.8) is 0 Å². The first-order valence-corrected chi connectivity index (χ1v) is 5.84. The van der Waals surface area contributed by atoms with Gasteiger partial charge in [-0.3, -0.25) is 4.79 Å². The zero-order chi connectivity index (χ0) is 9.97. The van der Waals surface area contributed by atoms with Crippen molar-refractivity contribution in [1.82, 2.24) is 9.97 Å². The molecule has 0 spiro atoms. The summed E-state index contributed by atoms with van der Waals surface area (Å²) in [5.74, 6) is 0. The number of hydrogen-bond acceptors (Lipinski definition) is 5. The molecule has 0 aromatic carbocycles. The maximum absolute atomic E-state index is 10.4. The van der Waals surface area contributed by atoms with E-state index in [4.69, 9.17) is 0 Å². The minimum Gasteiger partial charge on any atom is -0.296 e. The Morgan fingerprint density at radius 3 is 2.79 bits per heavy atom. The minimum absolute atomic E-state index is 0.511. The van der Waals surface area contributed by atoms with E-state index in [0.717, 1.165) is 28.4 Å². The van der Waals surface area contributed by atoms with Crippen molar-refractivity contribution in [3.8, 4) is 0 Å². The number of thiazole rings is 2. The van der Waals surface area contributed by atoms with Gasteiger partial charge in [0.1, 0.15) is 5.69 Å². The van der Waals surface area contributed by atoms with Crippen molar-refractivity contribution in [3.05, 3.63) is 32.2 Å². The van der Waals surface area contributed by atoms with Crippen LogP contribution in [0.15, 0.2) is 10.8 Å². The highest BCUT2D eigenvalue weighted by Gasteiger charge is 2.04. The van der Waals surface area contributed by atoms with Crippen LogP contribution in [0.25, 0.3) is 0 Å². The number of nitrogens with zero attached hydrogens (tertiary/aromatic N) is 2. The fourth-order valence-corrected chi connectivity index (χ4v) is 2.47. The Balaban J connectivity index is 2.14. The van der Waals surface area contributed by atoms with Crippen molar-refractivity contribution >= 4 is 29.0 Å². The van der Waals surface area contributed by atoms with E-state index >= 15 is 0 Å². The van der Waals surface area contributed by atoms with Crippen molar-refractivity contribution < 1.29 is 4.79 Å². The first kappa shape index (κ1) is 9.48. The number of aldehydes is 1. The van der Waals surface area contributed by atoms with Crippen molar-refractivity contribution in [2.24, 2.45) is 0 Å². The lowest BCUT2D eigenvalue weighted by Crippen LogP contribution is -1.88. The zero-order valence-corrected chi connectivity index (χ0v) is 9.19. The molecule has 0 N–H and O–H groups in total. The largest absolute Gasteiger partial charge is 0.296 e. The second-order valence-electron chi connectivity index (χ2n) is 2.82. The van der Waals surface area contributed by atoms with Crippen LogP contribution in [-0.4, -0.2) is 16.3 Å². The molecule has 3 nitrogen and oxygen atoms in total. The third-order valence-electron chi connectivity index (χ3n) is 1.69. The molecule has 0 fully saturated rings. The summed E-state index contributed by atoms with van der Waals surface area (Å²) in [6, 6.07) is 0. The second-order valence-corrected chi connectivity index (χ2v) is 4.82.